The molecule has 0 fully saturated rings. The molecule has 5 nitrogen and oxygen atoms in total. The minimum Gasteiger partial charge on any atom is -0.497 e. The van der Waals surface area contributed by atoms with Crippen molar-refractivity contribution in [2.45, 2.75) is 6.61 Å². The molecule has 0 aliphatic heterocycles. The van der Waals surface area contributed by atoms with Crippen LogP contribution in [0, 0.1) is 0 Å². The predicted molar refractivity (Wildman–Crippen MR) is 68.5 cm³/mol. The van der Waals surface area contributed by atoms with Gasteiger partial charge in [0.25, 0.3) is 0 Å². The van der Waals surface area contributed by atoms with E-state index in [1.165, 1.54) is 18.3 Å². The van der Waals surface area contributed by atoms with E-state index in [1.807, 2.05) is 24.3 Å². The molecule has 2 rings (SSSR count). The summed E-state index contributed by atoms with van der Waals surface area (Å²) in [6, 6.07) is 10.2. The smallest absolute Gasteiger partial charge is 0.335 e. The minimum atomic E-state index is -1.01. The van der Waals surface area contributed by atoms with Crippen LogP contribution in [0.2, 0.25) is 0 Å². The van der Waals surface area contributed by atoms with Crippen molar-refractivity contribution in [1.29, 1.82) is 0 Å². The van der Waals surface area contributed by atoms with Gasteiger partial charge in [0, 0.05) is 12.3 Å². The lowest BCUT2D eigenvalue weighted by molar-refractivity contribution is 0.0696. The van der Waals surface area contributed by atoms with E-state index in [9.17, 15) is 4.79 Å². The summed E-state index contributed by atoms with van der Waals surface area (Å²) >= 11 is 0. The molecule has 1 heterocycles. The molecule has 98 valence electrons. The van der Waals surface area contributed by atoms with Crippen molar-refractivity contribution in [2.24, 2.45) is 0 Å². The number of benzene rings is 1. The Hall–Kier alpha value is -2.56. The van der Waals surface area contributed by atoms with Gasteiger partial charge >= 0.3 is 5.97 Å². The van der Waals surface area contributed by atoms with Gasteiger partial charge < -0.3 is 14.6 Å². The van der Waals surface area contributed by atoms with Crippen molar-refractivity contribution in [3.63, 3.8) is 0 Å². The zero-order chi connectivity index (χ0) is 13.7. The van der Waals surface area contributed by atoms with Crippen LogP contribution in [0.5, 0.6) is 11.6 Å². The summed E-state index contributed by atoms with van der Waals surface area (Å²) in [5, 5.41) is 8.86. The largest absolute Gasteiger partial charge is 0.497 e. The minimum absolute atomic E-state index is 0.149. The van der Waals surface area contributed by atoms with Crippen molar-refractivity contribution in [2.75, 3.05) is 7.11 Å². The highest BCUT2D eigenvalue weighted by atomic mass is 16.5. The van der Waals surface area contributed by atoms with Gasteiger partial charge in [-0.2, -0.15) is 0 Å². The summed E-state index contributed by atoms with van der Waals surface area (Å²) < 4.78 is 10.6. The van der Waals surface area contributed by atoms with Crippen molar-refractivity contribution >= 4 is 5.97 Å². The summed E-state index contributed by atoms with van der Waals surface area (Å²) in [7, 11) is 1.60. The number of hydrogen-bond acceptors (Lipinski definition) is 4. The number of carboxylic acids is 1. The average molecular weight is 259 g/mol. The van der Waals surface area contributed by atoms with Crippen LogP contribution >= 0.6 is 0 Å². The van der Waals surface area contributed by atoms with E-state index < -0.39 is 5.97 Å². The highest BCUT2D eigenvalue weighted by Gasteiger charge is 2.05. The number of aromatic carboxylic acids is 1. The number of pyridine rings is 1. The number of rotatable bonds is 5. The molecule has 0 unspecified atom stereocenters. The summed E-state index contributed by atoms with van der Waals surface area (Å²) in [4.78, 5) is 14.8. The van der Waals surface area contributed by atoms with Gasteiger partial charge in [-0.1, -0.05) is 12.1 Å². The Kier molecular flexibility index (Phi) is 3.97. The zero-order valence-electron chi connectivity index (χ0n) is 10.4. The molecule has 2 aromatic rings. The summed E-state index contributed by atoms with van der Waals surface area (Å²) in [5.74, 6) is 0.0182. The van der Waals surface area contributed by atoms with Crippen LogP contribution in [0.25, 0.3) is 0 Å². The second kappa shape index (κ2) is 5.86. The molecule has 0 amide bonds. The number of hydrogen-bond donors (Lipinski definition) is 1. The van der Waals surface area contributed by atoms with Gasteiger partial charge in [0.1, 0.15) is 12.4 Å². The van der Waals surface area contributed by atoms with E-state index in [0.717, 1.165) is 11.3 Å². The summed E-state index contributed by atoms with van der Waals surface area (Å²) in [5.41, 5.74) is 1.07. The molecule has 0 bridgehead atoms. The molecule has 1 aromatic heterocycles. The number of carbonyl (C=O) groups is 1. The SMILES string of the molecule is COc1cccc(COc2cc(C(=O)O)ccn2)c1. The van der Waals surface area contributed by atoms with Gasteiger partial charge in [-0.05, 0) is 23.8 Å². The number of ether oxygens (including phenoxy) is 2. The molecule has 19 heavy (non-hydrogen) atoms. The van der Waals surface area contributed by atoms with Gasteiger partial charge in [-0.3, -0.25) is 0 Å². The molecule has 0 atom stereocenters. The standard InChI is InChI=1S/C14H13NO4/c1-18-12-4-2-3-10(7-12)9-19-13-8-11(14(16)17)5-6-15-13/h2-8H,9H2,1H3,(H,16,17). The first-order valence-electron chi connectivity index (χ1n) is 5.64. The Morgan fingerprint density at radius 2 is 2.16 bits per heavy atom. The highest BCUT2D eigenvalue weighted by Crippen LogP contribution is 2.15. The number of aromatic nitrogens is 1. The Labute approximate surface area is 110 Å². The van der Waals surface area contributed by atoms with Crippen molar-refractivity contribution in [3.8, 4) is 11.6 Å². The van der Waals surface area contributed by atoms with Gasteiger partial charge in [0.05, 0.1) is 12.7 Å². The van der Waals surface area contributed by atoms with E-state index >= 15 is 0 Å². The van der Waals surface area contributed by atoms with E-state index in [4.69, 9.17) is 14.6 Å². The molecule has 0 spiro atoms. The third kappa shape index (κ3) is 3.45. The first-order chi connectivity index (χ1) is 9.19. The van der Waals surface area contributed by atoms with Crippen LogP contribution in [0.4, 0.5) is 0 Å². The summed E-state index contributed by atoms with van der Waals surface area (Å²) in [6.07, 6.45) is 1.41. The summed E-state index contributed by atoms with van der Waals surface area (Å²) in [6.45, 7) is 0.299. The maximum Gasteiger partial charge on any atom is 0.335 e. The molecule has 0 saturated carbocycles. The number of carboxylic acid groups (broad SMARTS) is 1. The topological polar surface area (TPSA) is 68.7 Å². The van der Waals surface area contributed by atoms with E-state index in [-0.39, 0.29) is 11.4 Å². The molecule has 0 aliphatic rings. The second-order valence-electron chi connectivity index (χ2n) is 3.83. The van der Waals surface area contributed by atoms with E-state index in [1.54, 1.807) is 7.11 Å². The Bertz CT molecular complexity index is 583. The van der Waals surface area contributed by atoms with Crippen LogP contribution in [-0.4, -0.2) is 23.2 Å². The Morgan fingerprint density at radius 1 is 1.32 bits per heavy atom. The van der Waals surface area contributed by atoms with Gasteiger partial charge in [-0.15, -0.1) is 0 Å². The van der Waals surface area contributed by atoms with Gasteiger partial charge in [-0.25, -0.2) is 9.78 Å². The maximum absolute atomic E-state index is 10.8. The third-order valence-corrected chi connectivity index (χ3v) is 2.50. The Morgan fingerprint density at radius 3 is 2.89 bits per heavy atom. The lowest BCUT2D eigenvalue weighted by Gasteiger charge is -2.07. The first kappa shape index (κ1) is 12.9. The van der Waals surface area contributed by atoms with Crippen LogP contribution in [0.15, 0.2) is 42.6 Å². The highest BCUT2D eigenvalue weighted by molar-refractivity contribution is 5.87. The van der Waals surface area contributed by atoms with Crippen LogP contribution < -0.4 is 9.47 Å². The van der Waals surface area contributed by atoms with Crippen molar-refractivity contribution in [1.82, 2.24) is 4.98 Å². The normalized spacial score (nSPS) is 9.95. The van der Waals surface area contributed by atoms with Crippen LogP contribution in [0.1, 0.15) is 15.9 Å². The first-order valence-corrected chi connectivity index (χ1v) is 5.64. The zero-order valence-corrected chi connectivity index (χ0v) is 10.4. The average Bonchev–Trinajstić information content (AvgIpc) is 2.45. The van der Waals surface area contributed by atoms with E-state index in [0.29, 0.717) is 6.61 Å². The maximum atomic E-state index is 10.8. The van der Waals surface area contributed by atoms with Crippen LogP contribution in [0.3, 0.4) is 0 Å². The van der Waals surface area contributed by atoms with Gasteiger partial charge in [0.15, 0.2) is 0 Å². The third-order valence-electron chi connectivity index (χ3n) is 2.50. The molecule has 1 aromatic carbocycles. The lowest BCUT2D eigenvalue weighted by atomic mass is 10.2. The molecule has 5 heteroatoms. The number of nitrogens with zero attached hydrogens (tertiary/aromatic N) is 1. The van der Waals surface area contributed by atoms with Crippen molar-refractivity contribution in [3.05, 3.63) is 53.7 Å². The second-order valence-corrected chi connectivity index (χ2v) is 3.83. The number of methoxy groups -OCH3 is 1. The fourth-order valence-electron chi connectivity index (χ4n) is 1.54. The molecule has 0 saturated heterocycles. The molecule has 1 N–H and O–H groups in total. The fraction of sp³-hybridized carbons (Fsp3) is 0.143. The molecular formula is C14H13NO4. The molecule has 0 aliphatic carbocycles. The lowest BCUT2D eigenvalue weighted by Crippen LogP contribution is -2.01. The predicted octanol–water partition coefficient (Wildman–Crippen LogP) is 2.37. The van der Waals surface area contributed by atoms with E-state index in [2.05, 4.69) is 4.98 Å². The fourth-order valence-corrected chi connectivity index (χ4v) is 1.54. The Balaban J connectivity index is 2.05. The molecular weight excluding hydrogens is 246 g/mol. The molecule has 0 radical (unpaired) electrons. The van der Waals surface area contributed by atoms with Gasteiger partial charge in [0.2, 0.25) is 5.88 Å². The monoisotopic (exact) mass is 259 g/mol. The van der Waals surface area contributed by atoms with Crippen LogP contribution in [-0.2, 0) is 6.61 Å². The quantitative estimate of drug-likeness (QED) is 0.892. The van der Waals surface area contributed by atoms with Crippen molar-refractivity contribution < 1.29 is 19.4 Å².